The normalized spacial score (nSPS) is 19.1. The lowest BCUT2D eigenvalue weighted by Crippen LogP contribution is -2.30. The van der Waals surface area contributed by atoms with Crippen molar-refractivity contribution in [3.05, 3.63) is 23.2 Å². The molecule has 0 aliphatic heterocycles. The van der Waals surface area contributed by atoms with Crippen LogP contribution in [0.15, 0.2) is 23.2 Å². The molecule has 1 aliphatic carbocycles. The van der Waals surface area contributed by atoms with Crippen molar-refractivity contribution in [1.82, 2.24) is 0 Å². The predicted octanol–water partition coefficient (Wildman–Crippen LogP) is 6.84. The largest absolute Gasteiger partial charge is 0.544 e. The van der Waals surface area contributed by atoms with E-state index in [2.05, 4.69) is 59.2 Å². The van der Waals surface area contributed by atoms with E-state index < -0.39 is 16.6 Å². The van der Waals surface area contributed by atoms with Gasteiger partial charge in [0.1, 0.15) is 11.5 Å². The molecule has 0 fully saturated rings. The Balaban J connectivity index is 3.15. The first-order valence-electron chi connectivity index (χ1n) is 9.40. The first-order chi connectivity index (χ1) is 10.6. The number of rotatable bonds is 10. The van der Waals surface area contributed by atoms with E-state index in [1.165, 1.54) is 37.7 Å². The van der Waals surface area contributed by atoms with Crippen molar-refractivity contribution < 1.29 is 8.85 Å². The zero-order valence-corrected chi connectivity index (χ0v) is 18.7. The molecular formula is C19H38O2Si2. The summed E-state index contributed by atoms with van der Waals surface area (Å²) in [5, 5.41) is 0. The molecule has 2 nitrogen and oxygen atoms in total. The average molecular weight is 355 g/mol. The van der Waals surface area contributed by atoms with Crippen LogP contribution in [-0.4, -0.2) is 16.6 Å². The van der Waals surface area contributed by atoms with E-state index in [1.54, 1.807) is 0 Å². The Labute approximate surface area is 146 Å². The molecule has 0 aromatic rings. The summed E-state index contributed by atoms with van der Waals surface area (Å²) in [6.45, 7) is 18.1. The summed E-state index contributed by atoms with van der Waals surface area (Å²) in [6.07, 6.45) is 9.70. The minimum Gasteiger partial charge on any atom is -0.544 e. The van der Waals surface area contributed by atoms with Crippen LogP contribution in [0.4, 0.5) is 0 Å². The molecule has 1 atom stereocenters. The molecule has 134 valence electrons. The Bertz CT molecular complexity index is 439. The zero-order valence-electron chi connectivity index (χ0n) is 16.7. The van der Waals surface area contributed by atoms with Gasteiger partial charge in [-0.05, 0) is 64.1 Å². The van der Waals surface area contributed by atoms with Gasteiger partial charge in [0.25, 0.3) is 0 Å². The van der Waals surface area contributed by atoms with E-state index in [4.69, 9.17) is 8.85 Å². The third-order valence-electron chi connectivity index (χ3n) is 3.75. The van der Waals surface area contributed by atoms with Gasteiger partial charge in [-0.25, -0.2) is 0 Å². The molecule has 23 heavy (non-hydrogen) atoms. The molecular weight excluding hydrogens is 316 g/mol. The third-order valence-corrected chi connectivity index (χ3v) is 5.40. The molecule has 0 aromatic carbocycles. The molecule has 1 rings (SSSR count). The second-order valence-corrected chi connectivity index (χ2v) is 17.5. The molecule has 0 spiro atoms. The minimum atomic E-state index is -1.64. The third kappa shape index (κ3) is 7.29. The number of allylic oxidation sites excluding steroid dienone is 2. The SMILES string of the molecule is CCCCC1=CC(CCCC)C(O[Si](C)(C)C)=C1O[Si](C)(C)C. The standard InChI is InChI=1S/C19H38O2Si2/c1-9-11-13-16-15-17(14-12-10-2)19(21-23(6,7)8)18(16)20-22(3,4)5/h15-16H,9-14H2,1-8H3. The van der Waals surface area contributed by atoms with Gasteiger partial charge in [0, 0.05) is 5.92 Å². The Morgan fingerprint density at radius 2 is 1.43 bits per heavy atom. The Morgan fingerprint density at radius 3 is 1.91 bits per heavy atom. The monoisotopic (exact) mass is 354 g/mol. The van der Waals surface area contributed by atoms with Crippen LogP contribution >= 0.6 is 0 Å². The summed E-state index contributed by atoms with van der Waals surface area (Å²) in [5.74, 6) is 2.70. The molecule has 0 saturated heterocycles. The van der Waals surface area contributed by atoms with Crippen LogP contribution in [0.3, 0.4) is 0 Å². The summed E-state index contributed by atoms with van der Waals surface area (Å²) < 4.78 is 13.1. The number of hydrogen-bond acceptors (Lipinski definition) is 2. The van der Waals surface area contributed by atoms with Gasteiger partial charge in [0.2, 0.25) is 16.6 Å². The zero-order chi connectivity index (χ0) is 17.7. The Kier molecular flexibility index (Phi) is 7.65. The van der Waals surface area contributed by atoms with E-state index >= 15 is 0 Å². The average Bonchev–Trinajstić information content (AvgIpc) is 2.68. The highest BCUT2D eigenvalue weighted by Crippen LogP contribution is 2.40. The number of hydrogen-bond donors (Lipinski definition) is 0. The fourth-order valence-electron chi connectivity index (χ4n) is 2.80. The summed E-state index contributed by atoms with van der Waals surface area (Å²) in [6, 6.07) is 0. The Morgan fingerprint density at radius 1 is 0.870 bits per heavy atom. The van der Waals surface area contributed by atoms with Crippen molar-refractivity contribution in [3.8, 4) is 0 Å². The highest BCUT2D eigenvalue weighted by atomic mass is 28.4. The summed E-state index contributed by atoms with van der Waals surface area (Å²) >= 11 is 0. The van der Waals surface area contributed by atoms with Crippen LogP contribution in [0.5, 0.6) is 0 Å². The maximum Gasteiger partial charge on any atom is 0.242 e. The van der Waals surface area contributed by atoms with Crippen LogP contribution < -0.4 is 0 Å². The maximum atomic E-state index is 6.54. The van der Waals surface area contributed by atoms with Crippen molar-refractivity contribution in [1.29, 1.82) is 0 Å². The first kappa shape index (κ1) is 20.6. The molecule has 0 amide bonds. The molecule has 0 radical (unpaired) electrons. The highest BCUT2D eigenvalue weighted by Gasteiger charge is 2.34. The van der Waals surface area contributed by atoms with Crippen molar-refractivity contribution in [2.75, 3.05) is 0 Å². The molecule has 1 unspecified atom stereocenters. The fourth-order valence-corrected chi connectivity index (χ4v) is 4.55. The van der Waals surface area contributed by atoms with Gasteiger partial charge in [0.05, 0.1) is 0 Å². The molecule has 4 heteroatoms. The van der Waals surface area contributed by atoms with Crippen LogP contribution in [0.25, 0.3) is 0 Å². The topological polar surface area (TPSA) is 18.5 Å². The molecule has 0 bridgehead atoms. The minimum absolute atomic E-state index is 0.430. The Hall–Kier alpha value is -0.486. The van der Waals surface area contributed by atoms with E-state index in [0.29, 0.717) is 5.92 Å². The van der Waals surface area contributed by atoms with E-state index in [0.717, 1.165) is 17.9 Å². The summed E-state index contributed by atoms with van der Waals surface area (Å²) in [7, 11) is -3.28. The fraction of sp³-hybridized carbons (Fsp3) is 0.789. The molecule has 0 heterocycles. The number of unbranched alkanes of at least 4 members (excludes halogenated alkanes) is 2. The van der Waals surface area contributed by atoms with Crippen LogP contribution in [-0.2, 0) is 8.85 Å². The highest BCUT2D eigenvalue weighted by molar-refractivity contribution is 6.70. The van der Waals surface area contributed by atoms with Crippen molar-refractivity contribution in [2.24, 2.45) is 5.92 Å². The van der Waals surface area contributed by atoms with E-state index in [9.17, 15) is 0 Å². The van der Waals surface area contributed by atoms with Gasteiger partial charge in [-0.1, -0.05) is 39.2 Å². The molecule has 1 aliphatic rings. The second-order valence-electron chi connectivity index (χ2n) is 8.67. The van der Waals surface area contributed by atoms with Crippen LogP contribution in [0, 0.1) is 5.92 Å². The first-order valence-corrected chi connectivity index (χ1v) is 16.2. The smallest absolute Gasteiger partial charge is 0.242 e. The van der Waals surface area contributed by atoms with Gasteiger partial charge in [-0.2, -0.15) is 0 Å². The summed E-state index contributed by atoms with van der Waals surface area (Å²) in [5.41, 5.74) is 1.41. The molecule has 0 N–H and O–H groups in total. The maximum absolute atomic E-state index is 6.54. The van der Waals surface area contributed by atoms with E-state index in [-0.39, 0.29) is 0 Å². The van der Waals surface area contributed by atoms with Crippen LogP contribution in [0.1, 0.15) is 52.4 Å². The lowest BCUT2D eigenvalue weighted by molar-refractivity contribution is 0.316. The molecule has 0 aromatic heterocycles. The second kappa shape index (κ2) is 8.56. The van der Waals surface area contributed by atoms with Crippen molar-refractivity contribution >= 4 is 16.6 Å². The van der Waals surface area contributed by atoms with Gasteiger partial charge in [-0.15, -0.1) is 0 Å². The lowest BCUT2D eigenvalue weighted by Gasteiger charge is -2.28. The van der Waals surface area contributed by atoms with Crippen molar-refractivity contribution in [3.63, 3.8) is 0 Å². The van der Waals surface area contributed by atoms with E-state index in [1.807, 2.05) is 0 Å². The molecule has 0 saturated carbocycles. The van der Waals surface area contributed by atoms with Crippen LogP contribution in [0.2, 0.25) is 39.3 Å². The van der Waals surface area contributed by atoms with Crippen molar-refractivity contribution in [2.45, 2.75) is 91.7 Å². The lowest BCUT2D eigenvalue weighted by atomic mass is 10.0. The van der Waals surface area contributed by atoms with Gasteiger partial charge in [-0.3, -0.25) is 0 Å². The quantitative estimate of drug-likeness (QED) is 0.400. The van der Waals surface area contributed by atoms with Gasteiger partial charge < -0.3 is 8.85 Å². The predicted molar refractivity (Wildman–Crippen MR) is 107 cm³/mol. The summed E-state index contributed by atoms with van der Waals surface area (Å²) in [4.78, 5) is 0. The van der Waals surface area contributed by atoms with Gasteiger partial charge in [0.15, 0.2) is 0 Å². The van der Waals surface area contributed by atoms with Gasteiger partial charge >= 0.3 is 0 Å².